The van der Waals surface area contributed by atoms with Crippen molar-refractivity contribution >= 4 is 24.1 Å². The number of allylic oxidation sites excluding steroid dienone is 4. The van der Waals surface area contributed by atoms with Crippen molar-refractivity contribution in [2.75, 3.05) is 19.7 Å². The van der Waals surface area contributed by atoms with Crippen LogP contribution >= 0.6 is 0 Å². The minimum atomic E-state index is -0.989. The van der Waals surface area contributed by atoms with E-state index in [1.54, 1.807) is 45.1 Å². The lowest BCUT2D eigenvalue weighted by molar-refractivity contribution is -0.132. The van der Waals surface area contributed by atoms with Gasteiger partial charge < -0.3 is 30.3 Å². The normalized spacial score (nSPS) is 12.0. The molecule has 0 heterocycles. The maximum atomic E-state index is 12.0. The molecule has 0 bridgehead atoms. The summed E-state index contributed by atoms with van der Waals surface area (Å²) in [5, 5.41) is 22.1. The fourth-order valence-electron chi connectivity index (χ4n) is 4.10. The summed E-state index contributed by atoms with van der Waals surface area (Å²) in [6, 6.07) is 16.4. The quantitative estimate of drug-likeness (QED) is 0.106. The van der Waals surface area contributed by atoms with Crippen molar-refractivity contribution in [3.63, 3.8) is 0 Å². The van der Waals surface area contributed by atoms with Gasteiger partial charge in [-0.2, -0.15) is 0 Å². The fourth-order valence-corrected chi connectivity index (χ4v) is 4.10. The topological polar surface area (TPSA) is 151 Å². The first-order valence-corrected chi connectivity index (χ1v) is 14.2. The van der Waals surface area contributed by atoms with Crippen LogP contribution in [0.5, 0.6) is 0 Å². The second kappa shape index (κ2) is 21.6. The Morgan fingerprint density at radius 1 is 0.717 bits per heavy atom. The number of alkyl carbamates (subject to hydrolysis) is 2. The number of carbonyl (C=O) groups excluding carboxylic acids is 2. The lowest BCUT2D eigenvalue weighted by atomic mass is 9.98. The number of ether oxygens (including phenoxy) is 2. The summed E-state index contributed by atoms with van der Waals surface area (Å²) in [6.07, 6.45) is 12.0. The molecule has 2 amide bonds. The molecule has 1 aliphatic carbocycles. The van der Waals surface area contributed by atoms with Crippen LogP contribution in [0.25, 0.3) is 11.1 Å². The van der Waals surface area contributed by atoms with Crippen molar-refractivity contribution in [1.82, 2.24) is 10.6 Å². The number of nitrogens with one attached hydrogen (secondary N) is 2. The van der Waals surface area contributed by atoms with Crippen LogP contribution in [0, 0.1) is 0 Å². The largest absolute Gasteiger partial charge is 0.478 e. The van der Waals surface area contributed by atoms with E-state index in [9.17, 15) is 19.2 Å². The molecule has 3 rings (SSSR count). The van der Waals surface area contributed by atoms with Gasteiger partial charge in [-0.3, -0.25) is 0 Å². The summed E-state index contributed by atoms with van der Waals surface area (Å²) in [5.41, 5.74) is 4.26. The van der Waals surface area contributed by atoms with Crippen LogP contribution in [0.15, 0.2) is 97.1 Å². The van der Waals surface area contributed by atoms with Gasteiger partial charge in [-0.25, -0.2) is 19.2 Å². The van der Waals surface area contributed by atoms with Gasteiger partial charge in [-0.1, -0.05) is 99.8 Å². The van der Waals surface area contributed by atoms with Crippen molar-refractivity contribution in [2.45, 2.75) is 60.0 Å². The third-order valence-electron chi connectivity index (χ3n) is 5.88. The highest BCUT2D eigenvalue weighted by atomic mass is 16.6. The van der Waals surface area contributed by atoms with Gasteiger partial charge in [0, 0.05) is 31.2 Å². The summed E-state index contributed by atoms with van der Waals surface area (Å²) in [4.78, 5) is 43.6. The molecule has 250 valence electrons. The Labute approximate surface area is 272 Å². The Bertz CT molecular complexity index is 1340. The number of benzene rings is 2. The van der Waals surface area contributed by atoms with Gasteiger partial charge in [0.1, 0.15) is 12.2 Å². The molecule has 0 spiro atoms. The van der Waals surface area contributed by atoms with Crippen molar-refractivity contribution in [3.05, 3.63) is 108 Å². The van der Waals surface area contributed by atoms with E-state index in [0.717, 1.165) is 12.2 Å². The predicted octanol–water partition coefficient (Wildman–Crippen LogP) is 7.48. The van der Waals surface area contributed by atoms with E-state index >= 15 is 0 Å². The van der Waals surface area contributed by atoms with Crippen molar-refractivity contribution in [3.8, 4) is 11.1 Å². The molecular weight excluding hydrogens is 588 g/mol. The Morgan fingerprint density at radius 2 is 1.15 bits per heavy atom. The first-order valence-electron chi connectivity index (χ1n) is 14.2. The van der Waals surface area contributed by atoms with Crippen LogP contribution in [-0.2, 0) is 19.1 Å². The predicted molar refractivity (Wildman–Crippen MR) is 182 cm³/mol. The molecule has 1 aliphatic rings. The molecule has 0 unspecified atom stereocenters. The summed E-state index contributed by atoms with van der Waals surface area (Å²) >= 11 is 0. The molecule has 2 aromatic carbocycles. The smallest absolute Gasteiger partial charge is 0.407 e. The van der Waals surface area contributed by atoms with Gasteiger partial charge in [0.25, 0.3) is 0 Å². The number of fused-ring (bicyclic) bond motifs is 3. The first-order chi connectivity index (χ1) is 21.0. The van der Waals surface area contributed by atoms with Gasteiger partial charge in [-0.15, -0.1) is 0 Å². The van der Waals surface area contributed by atoms with Crippen LogP contribution < -0.4 is 10.6 Å². The van der Waals surface area contributed by atoms with E-state index in [4.69, 9.17) is 19.7 Å². The number of carboxylic acids is 2. The Balaban J connectivity index is 0.000000935. The monoisotopic (exact) mass is 636 g/mol. The molecule has 10 nitrogen and oxygen atoms in total. The molecule has 10 heteroatoms. The third kappa shape index (κ3) is 16.1. The summed E-state index contributed by atoms with van der Waals surface area (Å²) < 4.78 is 10.5. The van der Waals surface area contributed by atoms with E-state index in [-0.39, 0.29) is 27.4 Å². The van der Waals surface area contributed by atoms with E-state index in [0.29, 0.717) is 25.9 Å². The van der Waals surface area contributed by atoms with E-state index in [2.05, 4.69) is 34.9 Å². The van der Waals surface area contributed by atoms with Crippen LogP contribution in [0.3, 0.4) is 0 Å². The van der Waals surface area contributed by atoms with E-state index < -0.39 is 29.7 Å². The number of aliphatic carboxylic acids is 2. The summed E-state index contributed by atoms with van der Waals surface area (Å²) in [7, 11) is 0. The third-order valence-corrected chi connectivity index (χ3v) is 5.88. The van der Waals surface area contributed by atoms with E-state index in [1.807, 2.05) is 24.3 Å². The highest BCUT2D eigenvalue weighted by Crippen LogP contribution is 2.44. The Kier molecular flexibility index (Phi) is 19.2. The van der Waals surface area contributed by atoms with Gasteiger partial charge in [0.2, 0.25) is 0 Å². The minimum Gasteiger partial charge on any atom is -0.478 e. The summed E-state index contributed by atoms with van der Waals surface area (Å²) in [6.45, 7) is 6.55. The van der Waals surface area contributed by atoms with Crippen LogP contribution in [0.1, 0.15) is 65.5 Å². The molecule has 0 saturated carbocycles. The Hall–Kier alpha value is -5.12. The highest BCUT2D eigenvalue weighted by molar-refractivity contribution is 5.80. The first kappa shape index (κ1) is 40.9. The number of rotatable bonds is 12. The average molecular weight is 637 g/mol. The lowest BCUT2D eigenvalue weighted by Crippen LogP contribution is -2.32. The lowest BCUT2D eigenvalue weighted by Gasteiger charge is -2.19. The van der Waals surface area contributed by atoms with Gasteiger partial charge in [0.15, 0.2) is 0 Å². The second-order valence-corrected chi connectivity index (χ2v) is 10.5. The van der Waals surface area contributed by atoms with Crippen LogP contribution in [-0.4, -0.2) is 59.6 Å². The van der Waals surface area contributed by atoms with Gasteiger partial charge in [-0.05, 0) is 55.9 Å². The molecule has 0 atom stereocenters. The van der Waals surface area contributed by atoms with Gasteiger partial charge >= 0.3 is 24.1 Å². The van der Waals surface area contributed by atoms with Crippen LogP contribution in [0.4, 0.5) is 9.59 Å². The molecule has 0 radical (unpaired) electrons. The zero-order valence-corrected chi connectivity index (χ0v) is 25.2. The highest BCUT2D eigenvalue weighted by Gasteiger charge is 2.28. The second-order valence-electron chi connectivity index (χ2n) is 10.5. The van der Waals surface area contributed by atoms with Crippen molar-refractivity contribution < 1.29 is 38.9 Å². The van der Waals surface area contributed by atoms with Crippen LogP contribution in [0.2, 0.25) is 0 Å². The summed E-state index contributed by atoms with van der Waals surface area (Å²) in [5.74, 6) is -1.93. The molecular formula is C36H48N2O8. The zero-order chi connectivity index (χ0) is 32.4. The maximum Gasteiger partial charge on any atom is 0.407 e. The molecule has 0 saturated heterocycles. The fraction of sp³-hybridized carbons (Fsp3) is 0.333. The van der Waals surface area contributed by atoms with Crippen molar-refractivity contribution in [1.29, 1.82) is 0 Å². The average Bonchev–Trinajstić information content (AvgIpc) is 3.28. The number of carboxylic acid groups (broad SMARTS) is 2. The number of hydrogen-bond donors (Lipinski definition) is 4. The maximum absolute atomic E-state index is 12.0. The number of amides is 2. The van der Waals surface area contributed by atoms with Gasteiger partial charge in [0.05, 0.1) is 0 Å². The minimum absolute atomic E-state index is 0. The SMILES string of the molecule is C.C.CC(C)(C)OC(=O)NCC/C=C/C=C/C(=O)O.O=C(O)/C=C/C=C/CCNC(=O)OCC1c2ccccc2-c2ccccc21. The van der Waals surface area contributed by atoms with Crippen molar-refractivity contribution in [2.24, 2.45) is 0 Å². The Morgan fingerprint density at radius 3 is 1.59 bits per heavy atom. The molecule has 2 aromatic rings. The molecule has 46 heavy (non-hydrogen) atoms. The van der Waals surface area contributed by atoms with E-state index in [1.165, 1.54) is 34.4 Å². The molecule has 0 fully saturated rings. The molecule has 0 aromatic heterocycles. The molecule has 0 aliphatic heterocycles. The number of carbonyl (C=O) groups is 4. The zero-order valence-electron chi connectivity index (χ0n) is 25.2. The number of hydrogen-bond acceptors (Lipinski definition) is 6. The standard InChI is InChI=1S/C22H21NO4.C12H19NO4.2CH4/c24-21(25)13-3-1-2-8-14-23-22(26)27-15-20-18-11-6-4-9-16(18)17-10-5-7-12-19(17)20;1-12(2,3)17-11(16)13-9-7-5-4-6-8-10(14)15;;/h1-7,9-13,20H,8,14-15H2,(H,23,26)(H,24,25);4-6,8H,7,9H2,1-3H3,(H,13,16)(H,14,15);2*1H4/b2-1+,13-3+;5-4+,8-6+;;. The molecule has 4 N–H and O–H groups in total.